The van der Waals surface area contributed by atoms with Crippen molar-refractivity contribution in [3.8, 4) is 0 Å². The molecule has 0 aliphatic carbocycles. The number of halogens is 1. The van der Waals surface area contributed by atoms with Gasteiger partial charge in [0.05, 0.1) is 32.0 Å². The van der Waals surface area contributed by atoms with Crippen LogP contribution in [0.5, 0.6) is 0 Å². The Hall–Kier alpha value is -0.650. The first-order valence-electron chi connectivity index (χ1n) is 8.16. The average Bonchev–Trinajstić information content (AvgIpc) is 2.46. The van der Waals surface area contributed by atoms with Crippen molar-refractivity contribution < 1.29 is 14.6 Å². The molecular weight excluding hydrogens is 314 g/mol. The van der Waals surface area contributed by atoms with E-state index >= 15 is 0 Å². The van der Waals surface area contributed by atoms with Crippen molar-refractivity contribution in [2.75, 3.05) is 19.8 Å². The Morgan fingerprint density at radius 1 is 1.00 bits per heavy atom. The molecule has 0 radical (unpaired) electrons. The van der Waals surface area contributed by atoms with E-state index in [1.165, 1.54) is 0 Å². The van der Waals surface area contributed by atoms with E-state index < -0.39 is 0 Å². The SMILES string of the molecule is CC(C)NCC(O)Cc1ccc(COCCOC(C)C)cc1.Cl. The van der Waals surface area contributed by atoms with E-state index in [4.69, 9.17) is 9.47 Å². The van der Waals surface area contributed by atoms with Crippen molar-refractivity contribution in [2.24, 2.45) is 0 Å². The van der Waals surface area contributed by atoms with Gasteiger partial charge >= 0.3 is 0 Å². The highest BCUT2D eigenvalue weighted by Gasteiger charge is 2.06. The molecule has 1 unspecified atom stereocenters. The number of rotatable bonds is 11. The number of ether oxygens (including phenoxy) is 2. The topological polar surface area (TPSA) is 50.7 Å². The van der Waals surface area contributed by atoms with Crippen LogP contribution in [0.4, 0.5) is 0 Å². The molecule has 0 heterocycles. The van der Waals surface area contributed by atoms with Gasteiger partial charge in [-0.15, -0.1) is 12.4 Å². The molecule has 5 heteroatoms. The molecule has 0 amide bonds. The van der Waals surface area contributed by atoms with E-state index in [-0.39, 0.29) is 24.6 Å². The van der Waals surface area contributed by atoms with E-state index in [1.54, 1.807) is 0 Å². The van der Waals surface area contributed by atoms with Gasteiger partial charge in [0.25, 0.3) is 0 Å². The van der Waals surface area contributed by atoms with Crippen molar-refractivity contribution >= 4 is 12.4 Å². The minimum atomic E-state index is -0.349. The Bertz CT molecular complexity index is 396. The second kappa shape index (κ2) is 12.7. The molecule has 0 aromatic heterocycles. The van der Waals surface area contributed by atoms with Crippen molar-refractivity contribution in [3.63, 3.8) is 0 Å². The summed E-state index contributed by atoms with van der Waals surface area (Å²) in [7, 11) is 0. The fourth-order valence-corrected chi connectivity index (χ4v) is 2.02. The van der Waals surface area contributed by atoms with Gasteiger partial charge in [0, 0.05) is 12.6 Å². The number of aliphatic hydroxyl groups is 1. The van der Waals surface area contributed by atoms with Crippen LogP contribution in [0.2, 0.25) is 0 Å². The van der Waals surface area contributed by atoms with Gasteiger partial charge in [0.2, 0.25) is 0 Å². The number of benzene rings is 1. The maximum Gasteiger partial charge on any atom is 0.0718 e. The zero-order valence-electron chi connectivity index (χ0n) is 14.7. The Labute approximate surface area is 147 Å². The first-order chi connectivity index (χ1) is 10.5. The molecule has 0 spiro atoms. The highest BCUT2D eigenvalue weighted by Crippen LogP contribution is 2.08. The third kappa shape index (κ3) is 11.5. The number of hydrogen-bond donors (Lipinski definition) is 2. The predicted molar refractivity (Wildman–Crippen MR) is 97.3 cm³/mol. The van der Waals surface area contributed by atoms with Crippen molar-refractivity contribution in [1.82, 2.24) is 5.32 Å². The molecule has 1 atom stereocenters. The summed E-state index contributed by atoms with van der Waals surface area (Å²) in [5, 5.41) is 13.2. The van der Waals surface area contributed by atoms with Gasteiger partial charge in [0.1, 0.15) is 0 Å². The van der Waals surface area contributed by atoms with Crippen LogP contribution >= 0.6 is 12.4 Å². The quantitative estimate of drug-likeness (QED) is 0.605. The molecule has 134 valence electrons. The summed E-state index contributed by atoms with van der Waals surface area (Å²) in [6.07, 6.45) is 0.570. The van der Waals surface area contributed by atoms with Gasteiger partial charge in [-0.25, -0.2) is 0 Å². The third-order valence-corrected chi connectivity index (χ3v) is 3.20. The van der Waals surface area contributed by atoms with Gasteiger partial charge < -0.3 is 19.9 Å². The minimum absolute atomic E-state index is 0. The van der Waals surface area contributed by atoms with E-state index in [9.17, 15) is 5.11 Å². The maximum absolute atomic E-state index is 9.96. The molecule has 1 aromatic carbocycles. The van der Waals surface area contributed by atoms with Crippen LogP contribution in [-0.4, -0.2) is 43.1 Å². The molecule has 1 rings (SSSR count). The minimum Gasteiger partial charge on any atom is -0.391 e. The molecular formula is C18H32ClNO3. The van der Waals surface area contributed by atoms with Crippen LogP contribution in [0.15, 0.2) is 24.3 Å². The first kappa shape index (κ1) is 22.4. The highest BCUT2D eigenvalue weighted by atomic mass is 35.5. The second-order valence-electron chi connectivity index (χ2n) is 6.21. The van der Waals surface area contributed by atoms with Gasteiger partial charge in [-0.3, -0.25) is 0 Å². The second-order valence-corrected chi connectivity index (χ2v) is 6.21. The van der Waals surface area contributed by atoms with Crippen LogP contribution in [0.25, 0.3) is 0 Å². The fraction of sp³-hybridized carbons (Fsp3) is 0.667. The lowest BCUT2D eigenvalue weighted by molar-refractivity contribution is 0.0143. The van der Waals surface area contributed by atoms with E-state index in [0.29, 0.717) is 38.8 Å². The van der Waals surface area contributed by atoms with Crippen molar-refractivity contribution in [1.29, 1.82) is 0 Å². The normalized spacial score (nSPS) is 12.5. The Morgan fingerprint density at radius 3 is 2.17 bits per heavy atom. The van der Waals surface area contributed by atoms with Crippen LogP contribution in [0.3, 0.4) is 0 Å². The summed E-state index contributed by atoms with van der Waals surface area (Å²) in [5.41, 5.74) is 2.29. The highest BCUT2D eigenvalue weighted by molar-refractivity contribution is 5.85. The zero-order valence-corrected chi connectivity index (χ0v) is 15.6. The molecule has 2 N–H and O–H groups in total. The summed E-state index contributed by atoms with van der Waals surface area (Å²) in [6.45, 7) is 10.6. The maximum atomic E-state index is 9.96. The fourth-order valence-electron chi connectivity index (χ4n) is 2.02. The molecule has 23 heavy (non-hydrogen) atoms. The summed E-state index contributed by atoms with van der Waals surface area (Å²) in [5.74, 6) is 0. The first-order valence-corrected chi connectivity index (χ1v) is 8.16. The lowest BCUT2D eigenvalue weighted by atomic mass is 10.1. The van der Waals surface area contributed by atoms with Crippen LogP contribution in [0.1, 0.15) is 38.8 Å². The standard InChI is InChI=1S/C18H31NO3.ClH/c1-14(2)19-12-18(20)11-16-5-7-17(8-6-16)13-21-9-10-22-15(3)4;/h5-8,14-15,18-20H,9-13H2,1-4H3;1H. The third-order valence-electron chi connectivity index (χ3n) is 3.20. The number of nitrogens with one attached hydrogen (secondary N) is 1. The number of hydrogen-bond acceptors (Lipinski definition) is 4. The Morgan fingerprint density at radius 2 is 1.61 bits per heavy atom. The summed E-state index contributed by atoms with van der Waals surface area (Å²) in [4.78, 5) is 0. The van der Waals surface area contributed by atoms with E-state index in [1.807, 2.05) is 13.8 Å². The number of aliphatic hydroxyl groups excluding tert-OH is 1. The van der Waals surface area contributed by atoms with E-state index in [2.05, 4.69) is 43.4 Å². The Kier molecular flexibility index (Phi) is 12.4. The lowest BCUT2D eigenvalue weighted by Gasteiger charge is -2.14. The molecule has 0 bridgehead atoms. The smallest absolute Gasteiger partial charge is 0.0718 e. The van der Waals surface area contributed by atoms with Crippen LogP contribution in [0, 0.1) is 0 Å². The molecule has 0 saturated carbocycles. The summed E-state index contributed by atoms with van der Waals surface area (Å²) >= 11 is 0. The van der Waals surface area contributed by atoms with Crippen molar-refractivity contribution in [2.45, 2.75) is 59.0 Å². The summed E-state index contributed by atoms with van der Waals surface area (Å²) in [6, 6.07) is 8.63. The van der Waals surface area contributed by atoms with Crippen LogP contribution < -0.4 is 5.32 Å². The van der Waals surface area contributed by atoms with Crippen molar-refractivity contribution in [3.05, 3.63) is 35.4 Å². The van der Waals surface area contributed by atoms with E-state index in [0.717, 1.165) is 11.1 Å². The van der Waals surface area contributed by atoms with Gasteiger partial charge in [-0.2, -0.15) is 0 Å². The van der Waals surface area contributed by atoms with Gasteiger partial charge in [-0.1, -0.05) is 38.1 Å². The molecule has 0 aliphatic rings. The van der Waals surface area contributed by atoms with Gasteiger partial charge in [-0.05, 0) is 31.4 Å². The monoisotopic (exact) mass is 345 g/mol. The molecule has 1 aromatic rings. The van der Waals surface area contributed by atoms with Crippen LogP contribution in [-0.2, 0) is 22.5 Å². The molecule has 4 nitrogen and oxygen atoms in total. The molecule has 0 saturated heterocycles. The lowest BCUT2D eigenvalue weighted by Crippen LogP contribution is -2.33. The largest absolute Gasteiger partial charge is 0.391 e. The van der Waals surface area contributed by atoms with Gasteiger partial charge in [0.15, 0.2) is 0 Å². The predicted octanol–water partition coefficient (Wildman–Crippen LogP) is 2.95. The summed E-state index contributed by atoms with van der Waals surface area (Å²) < 4.78 is 11.0. The average molecular weight is 346 g/mol. The Balaban J connectivity index is 0.00000484. The zero-order chi connectivity index (χ0) is 16.4. The molecule has 0 fully saturated rings. The molecule has 0 aliphatic heterocycles.